The van der Waals surface area contributed by atoms with Crippen molar-refractivity contribution in [1.29, 1.82) is 0 Å². The monoisotopic (exact) mass is 312 g/mol. The van der Waals surface area contributed by atoms with Gasteiger partial charge in [0.1, 0.15) is 0 Å². The Morgan fingerprint density at radius 2 is 2.14 bits per heavy atom. The van der Waals surface area contributed by atoms with E-state index in [1.807, 2.05) is 6.07 Å². The second-order valence-corrected chi connectivity index (χ2v) is 7.00. The van der Waals surface area contributed by atoms with Gasteiger partial charge in [-0.05, 0) is 37.5 Å². The van der Waals surface area contributed by atoms with Gasteiger partial charge in [0.25, 0.3) is 0 Å². The predicted octanol–water partition coefficient (Wildman–Crippen LogP) is 1.13. The first-order chi connectivity index (χ1) is 9.92. The summed E-state index contributed by atoms with van der Waals surface area (Å²) in [6, 6.07) is 7.08. The van der Waals surface area contributed by atoms with Gasteiger partial charge in [0.15, 0.2) is 5.75 Å². The van der Waals surface area contributed by atoms with Crippen molar-refractivity contribution < 1.29 is 17.9 Å². The largest absolute Gasteiger partial charge is 0.465 e. The van der Waals surface area contributed by atoms with E-state index in [1.165, 1.54) is 4.31 Å². The fourth-order valence-corrected chi connectivity index (χ4v) is 3.68. The second kappa shape index (κ2) is 6.44. The van der Waals surface area contributed by atoms with Gasteiger partial charge in [-0.1, -0.05) is 12.1 Å². The first-order valence-electron chi connectivity index (χ1n) is 6.92. The zero-order chi connectivity index (χ0) is 15.5. The molecule has 1 aromatic carbocycles. The third-order valence-electron chi connectivity index (χ3n) is 3.21. The number of sulfonamides is 1. The normalized spacial score (nSPS) is 15.1. The predicted molar refractivity (Wildman–Crippen MR) is 79.8 cm³/mol. The van der Waals surface area contributed by atoms with Crippen molar-refractivity contribution in [3.05, 3.63) is 29.8 Å². The smallest absolute Gasteiger partial charge is 0.322 e. The molecule has 0 amide bonds. The lowest BCUT2D eigenvalue weighted by Crippen LogP contribution is -2.37. The maximum Gasteiger partial charge on any atom is 0.322 e. The van der Waals surface area contributed by atoms with E-state index in [1.54, 1.807) is 25.1 Å². The van der Waals surface area contributed by atoms with E-state index >= 15 is 0 Å². The summed E-state index contributed by atoms with van der Waals surface area (Å²) in [6.45, 7) is 2.06. The Hall–Kier alpha value is -1.60. The Bertz CT molecular complexity index is 611. The van der Waals surface area contributed by atoms with Crippen LogP contribution >= 0.6 is 0 Å². The van der Waals surface area contributed by atoms with Crippen LogP contribution in [0.25, 0.3) is 0 Å². The molecule has 0 saturated heterocycles. The molecule has 1 aliphatic carbocycles. The fourth-order valence-electron chi connectivity index (χ4n) is 2.12. The Balaban J connectivity index is 2.13. The van der Waals surface area contributed by atoms with Crippen molar-refractivity contribution in [1.82, 2.24) is 4.31 Å². The lowest BCUT2D eigenvalue weighted by molar-refractivity contribution is -0.140. The van der Waals surface area contributed by atoms with Gasteiger partial charge in [-0.15, -0.1) is 0 Å². The van der Waals surface area contributed by atoms with Crippen molar-refractivity contribution >= 4 is 21.7 Å². The quantitative estimate of drug-likeness (QED) is 0.602. The Morgan fingerprint density at radius 3 is 2.71 bits per heavy atom. The van der Waals surface area contributed by atoms with Crippen LogP contribution in [0.2, 0.25) is 0 Å². The molecule has 0 heterocycles. The Kier molecular flexibility index (Phi) is 4.84. The molecule has 6 nitrogen and oxygen atoms in total. The molecule has 0 aromatic heterocycles. The Labute approximate surface area is 124 Å². The molecule has 0 atom stereocenters. The lowest BCUT2D eigenvalue weighted by atomic mass is 10.2. The molecule has 1 saturated carbocycles. The number of hydrogen-bond donors (Lipinski definition) is 1. The van der Waals surface area contributed by atoms with Gasteiger partial charge in [0.05, 0.1) is 6.61 Å². The molecule has 7 heteroatoms. The van der Waals surface area contributed by atoms with Gasteiger partial charge in [-0.3, -0.25) is 4.79 Å². The second-order valence-electron chi connectivity index (χ2n) is 5.08. The van der Waals surface area contributed by atoms with Gasteiger partial charge in [0, 0.05) is 18.3 Å². The summed E-state index contributed by atoms with van der Waals surface area (Å²) in [6.07, 6.45) is 1.65. The van der Waals surface area contributed by atoms with Crippen LogP contribution in [-0.4, -0.2) is 37.1 Å². The van der Waals surface area contributed by atoms with E-state index in [0.29, 0.717) is 5.69 Å². The SMILES string of the molecule is CCOC(=O)CS(=O)(=O)N(Cc1cccc(N)c1)C1CC1. The molecule has 1 fully saturated rings. The van der Waals surface area contributed by atoms with E-state index in [0.717, 1.165) is 18.4 Å². The number of ether oxygens (including phenoxy) is 1. The molecule has 2 N–H and O–H groups in total. The molecular formula is C14H20N2O4S. The van der Waals surface area contributed by atoms with Gasteiger partial charge in [-0.25, -0.2) is 8.42 Å². The number of rotatable bonds is 7. The molecule has 21 heavy (non-hydrogen) atoms. The number of nitrogen functional groups attached to an aromatic ring is 1. The number of anilines is 1. The molecule has 2 rings (SSSR count). The van der Waals surface area contributed by atoms with Gasteiger partial charge >= 0.3 is 5.97 Å². The first-order valence-corrected chi connectivity index (χ1v) is 8.53. The summed E-state index contributed by atoms with van der Waals surface area (Å²) in [4.78, 5) is 11.5. The van der Waals surface area contributed by atoms with Gasteiger partial charge < -0.3 is 10.5 Å². The molecule has 0 bridgehead atoms. The molecule has 116 valence electrons. The van der Waals surface area contributed by atoms with E-state index in [4.69, 9.17) is 10.5 Å². The number of esters is 1. The third-order valence-corrected chi connectivity index (χ3v) is 4.95. The summed E-state index contributed by atoms with van der Waals surface area (Å²) in [5.41, 5.74) is 7.12. The highest BCUT2D eigenvalue weighted by Crippen LogP contribution is 2.31. The summed E-state index contributed by atoms with van der Waals surface area (Å²) >= 11 is 0. The minimum Gasteiger partial charge on any atom is -0.465 e. The van der Waals surface area contributed by atoms with E-state index in [2.05, 4.69) is 0 Å². The van der Waals surface area contributed by atoms with Crippen LogP contribution in [0.4, 0.5) is 5.69 Å². The number of carbonyl (C=O) groups excluding carboxylic acids is 1. The van der Waals surface area contributed by atoms with Crippen LogP contribution in [0, 0.1) is 0 Å². The highest BCUT2D eigenvalue weighted by molar-refractivity contribution is 7.89. The van der Waals surface area contributed by atoms with E-state index in [-0.39, 0.29) is 19.2 Å². The van der Waals surface area contributed by atoms with E-state index < -0.39 is 21.7 Å². The Morgan fingerprint density at radius 1 is 1.43 bits per heavy atom. The maximum atomic E-state index is 12.4. The van der Waals surface area contributed by atoms with Crippen molar-refractivity contribution in [2.75, 3.05) is 18.1 Å². The van der Waals surface area contributed by atoms with Crippen LogP contribution in [-0.2, 0) is 26.1 Å². The van der Waals surface area contributed by atoms with Crippen LogP contribution in [0.3, 0.4) is 0 Å². The zero-order valence-electron chi connectivity index (χ0n) is 12.0. The summed E-state index contributed by atoms with van der Waals surface area (Å²) in [7, 11) is -3.67. The maximum absolute atomic E-state index is 12.4. The first kappa shape index (κ1) is 15.8. The minimum absolute atomic E-state index is 0.0224. The highest BCUT2D eigenvalue weighted by Gasteiger charge is 2.38. The molecule has 0 unspecified atom stereocenters. The van der Waals surface area contributed by atoms with Crippen molar-refractivity contribution in [2.24, 2.45) is 0 Å². The summed E-state index contributed by atoms with van der Waals surface area (Å²) in [5, 5.41) is 0. The third kappa shape index (κ3) is 4.44. The molecular weight excluding hydrogens is 292 g/mol. The molecule has 0 aliphatic heterocycles. The number of nitrogens with two attached hydrogens (primary N) is 1. The standard InChI is InChI=1S/C14H20N2O4S/c1-2-20-14(17)10-21(18,19)16(13-6-7-13)9-11-4-3-5-12(15)8-11/h3-5,8,13H,2,6-7,9-10,15H2,1H3. The van der Waals surface area contributed by atoms with Crippen LogP contribution in [0.5, 0.6) is 0 Å². The molecule has 0 spiro atoms. The molecule has 0 radical (unpaired) electrons. The number of carbonyl (C=O) groups is 1. The van der Waals surface area contributed by atoms with Crippen LogP contribution < -0.4 is 5.73 Å². The van der Waals surface area contributed by atoms with Crippen LogP contribution in [0.1, 0.15) is 25.3 Å². The topological polar surface area (TPSA) is 89.7 Å². The lowest BCUT2D eigenvalue weighted by Gasteiger charge is -2.21. The average Bonchev–Trinajstić information content (AvgIpc) is 3.19. The fraction of sp³-hybridized carbons (Fsp3) is 0.500. The minimum atomic E-state index is -3.67. The van der Waals surface area contributed by atoms with Crippen molar-refractivity contribution in [3.63, 3.8) is 0 Å². The molecule has 1 aromatic rings. The number of benzene rings is 1. The highest BCUT2D eigenvalue weighted by atomic mass is 32.2. The van der Waals surface area contributed by atoms with Crippen LogP contribution in [0.15, 0.2) is 24.3 Å². The number of hydrogen-bond acceptors (Lipinski definition) is 5. The van der Waals surface area contributed by atoms with Crippen molar-refractivity contribution in [2.45, 2.75) is 32.4 Å². The summed E-state index contributed by atoms with van der Waals surface area (Å²) in [5.74, 6) is -1.32. The number of nitrogens with zero attached hydrogens (tertiary/aromatic N) is 1. The van der Waals surface area contributed by atoms with Crippen molar-refractivity contribution in [3.8, 4) is 0 Å². The molecule has 1 aliphatic rings. The average molecular weight is 312 g/mol. The van der Waals surface area contributed by atoms with Gasteiger partial charge in [0.2, 0.25) is 10.0 Å². The zero-order valence-corrected chi connectivity index (χ0v) is 12.8. The van der Waals surface area contributed by atoms with E-state index in [9.17, 15) is 13.2 Å². The van der Waals surface area contributed by atoms with Gasteiger partial charge in [-0.2, -0.15) is 4.31 Å². The summed E-state index contributed by atoms with van der Waals surface area (Å²) < 4.78 is 30.9.